The summed E-state index contributed by atoms with van der Waals surface area (Å²) in [5.74, 6) is 3.15. The van der Waals surface area contributed by atoms with Crippen molar-refractivity contribution in [2.24, 2.45) is 11.8 Å². The minimum atomic E-state index is 0.429. The van der Waals surface area contributed by atoms with E-state index in [0.717, 1.165) is 37.1 Å². The van der Waals surface area contributed by atoms with Gasteiger partial charge in [0.15, 0.2) is 17.9 Å². The predicted octanol–water partition coefficient (Wildman–Crippen LogP) is 1.94. The fourth-order valence-electron chi connectivity index (χ4n) is 2.36. The van der Waals surface area contributed by atoms with E-state index in [1.807, 2.05) is 6.07 Å². The second-order valence-corrected chi connectivity index (χ2v) is 4.28. The van der Waals surface area contributed by atoms with Gasteiger partial charge in [-0.05, 0) is 30.7 Å². The summed E-state index contributed by atoms with van der Waals surface area (Å²) in [6.07, 6.45) is 3.42. The van der Waals surface area contributed by atoms with Crippen molar-refractivity contribution in [3.63, 3.8) is 0 Å². The summed E-state index contributed by atoms with van der Waals surface area (Å²) in [7, 11) is 0. The van der Waals surface area contributed by atoms with Crippen molar-refractivity contribution in [1.29, 1.82) is 0 Å². The SMILES string of the molecule is O=Cc1ccc(N2CCC3CC3C2)o1. The number of carbonyl (C=O) groups excluding carboxylic acids is 1. The summed E-state index contributed by atoms with van der Waals surface area (Å²) in [5, 5.41) is 0. The molecule has 2 unspecified atom stereocenters. The Kier molecular flexibility index (Phi) is 1.66. The van der Waals surface area contributed by atoms with Crippen LogP contribution in [-0.2, 0) is 0 Å². The van der Waals surface area contributed by atoms with Gasteiger partial charge in [0.2, 0.25) is 0 Å². The zero-order valence-electron chi connectivity index (χ0n) is 7.98. The molecule has 74 valence electrons. The van der Waals surface area contributed by atoms with Gasteiger partial charge in [-0.3, -0.25) is 4.79 Å². The van der Waals surface area contributed by atoms with Gasteiger partial charge >= 0.3 is 0 Å². The minimum absolute atomic E-state index is 0.429. The Labute approximate surface area is 82.7 Å². The smallest absolute Gasteiger partial charge is 0.196 e. The number of hydrogen-bond acceptors (Lipinski definition) is 3. The number of hydrogen-bond donors (Lipinski definition) is 0. The summed E-state index contributed by atoms with van der Waals surface area (Å²) in [5.41, 5.74) is 0. The molecule has 1 aliphatic heterocycles. The molecule has 0 spiro atoms. The second kappa shape index (κ2) is 2.87. The number of aldehydes is 1. The normalized spacial score (nSPS) is 29.9. The van der Waals surface area contributed by atoms with E-state index in [1.165, 1.54) is 12.8 Å². The van der Waals surface area contributed by atoms with E-state index in [4.69, 9.17) is 4.42 Å². The van der Waals surface area contributed by atoms with Gasteiger partial charge in [-0.25, -0.2) is 0 Å². The highest BCUT2D eigenvalue weighted by atomic mass is 16.4. The van der Waals surface area contributed by atoms with Crippen LogP contribution in [0.3, 0.4) is 0 Å². The second-order valence-electron chi connectivity index (χ2n) is 4.28. The number of rotatable bonds is 2. The Bertz CT molecular complexity index is 358. The lowest BCUT2D eigenvalue weighted by molar-refractivity contribution is 0.110. The Morgan fingerprint density at radius 2 is 2.36 bits per heavy atom. The molecule has 0 radical (unpaired) electrons. The third kappa shape index (κ3) is 1.24. The van der Waals surface area contributed by atoms with Crippen LogP contribution < -0.4 is 4.90 Å². The molecule has 0 bridgehead atoms. The van der Waals surface area contributed by atoms with Gasteiger partial charge in [0.25, 0.3) is 0 Å². The van der Waals surface area contributed by atoms with Crippen molar-refractivity contribution in [3.05, 3.63) is 17.9 Å². The van der Waals surface area contributed by atoms with Crippen LogP contribution >= 0.6 is 0 Å². The van der Waals surface area contributed by atoms with Crippen molar-refractivity contribution >= 4 is 12.2 Å². The highest BCUT2D eigenvalue weighted by Gasteiger charge is 2.41. The van der Waals surface area contributed by atoms with Crippen LogP contribution in [0, 0.1) is 11.8 Å². The number of nitrogens with zero attached hydrogens (tertiary/aromatic N) is 1. The molecule has 1 saturated heterocycles. The first kappa shape index (κ1) is 8.09. The lowest BCUT2D eigenvalue weighted by Crippen LogP contribution is -2.30. The molecule has 14 heavy (non-hydrogen) atoms. The maximum absolute atomic E-state index is 10.5. The summed E-state index contributed by atoms with van der Waals surface area (Å²) >= 11 is 0. The van der Waals surface area contributed by atoms with E-state index in [0.29, 0.717) is 5.76 Å². The van der Waals surface area contributed by atoms with Gasteiger partial charge in [-0.15, -0.1) is 0 Å². The predicted molar refractivity (Wildman–Crippen MR) is 52.5 cm³/mol. The maximum Gasteiger partial charge on any atom is 0.196 e. The molecule has 0 amide bonds. The van der Waals surface area contributed by atoms with Crippen LogP contribution in [-0.4, -0.2) is 19.4 Å². The minimum Gasteiger partial charge on any atom is -0.438 e. The molecule has 2 atom stereocenters. The van der Waals surface area contributed by atoms with Crippen molar-refractivity contribution in [3.8, 4) is 0 Å². The number of anilines is 1. The zero-order chi connectivity index (χ0) is 9.54. The first-order valence-electron chi connectivity index (χ1n) is 5.17. The molecule has 1 aliphatic carbocycles. The largest absolute Gasteiger partial charge is 0.438 e. The van der Waals surface area contributed by atoms with E-state index >= 15 is 0 Å². The van der Waals surface area contributed by atoms with Gasteiger partial charge in [0, 0.05) is 19.2 Å². The van der Waals surface area contributed by atoms with Gasteiger partial charge in [0.05, 0.1) is 0 Å². The molecule has 1 aromatic heterocycles. The van der Waals surface area contributed by atoms with Crippen molar-refractivity contribution in [1.82, 2.24) is 0 Å². The van der Waals surface area contributed by atoms with Gasteiger partial charge in [-0.2, -0.15) is 0 Å². The lowest BCUT2D eigenvalue weighted by atomic mass is 10.1. The quantitative estimate of drug-likeness (QED) is 0.670. The lowest BCUT2D eigenvalue weighted by Gasteiger charge is -2.25. The monoisotopic (exact) mass is 191 g/mol. The third-order valence-electron chi connectivity index (χ3n) is 3.33. The molecule has 3 rings (SSSR count). The van der Waals surface area contributed by atoms with Gasteiger partial charge in [-0.1, -0.05) is 0 Å². The molecule has 0 aromatic carbocycles. The molecule has 2 fully saturated rings. The molecule has 3 nitrogen and oxygen atoms in total. The topological polar surface area (TPSA) is 33.5 Å². The van der Waals surface area contributed by atoms with Crippen LogP contribution in [0.4, 0.5) is 5.88 Å². The fourth-order valence-corrected chi connectivity index (χ4v) is 2.36. The van der Waals surface area contributed by atoms with E-state index in [2.05, 4.69) is 4.90 Å². The van der Waals surface area contributed by atoms with E-state index in [9.17, 15) is 4.79 Å². The highest BCUT2D eigenvalue weighted by Crippen LogP contribution is 2.45. The number of fused-ring (bicyclic) bond motifs is 1. The number of furan rings is 1. The summed E-state index contributed by atoms with van der Waals surface area (Å²) in [4.78, 5) is 12.7. The van der Waals surface area contributed by atoms with Crippen molar-refractivity contribution in [2.75, 3.05) is 18.0 Å². The fraction of sp³-hybridized carbons (Fsp3) is 0.545. The van der Waals surface area contributed by atoms with E-state index < -0.39 is 0 Å². The third-order valence-corrected chi connectivity index (χ3v) is 3.33. The Hall–Kier alpha value is -1.25. The van der Waals surface area contributed by atoms with E-state index in [1.54, 1.807) is 6.07 Å². The average Bonchev–Trinajstić information content (AvgIpc) is 2.84. The number of carbonyl (C=O) groups is 1. The average molecular weight is 191 g/mol. The molecule has 2 heterocycles. The zero-order valence-corrected chi connectivity index (χ0v) is 7.98. The van der Waals surface area contributed by atoms with Crippen LogP contribution in [0.25, 0.3) is 0 Å². The van der Waals surface area contributed by atoms with Crippen molar-refractivity contribution in [2.45, 2.75) is 12.8 Å². The molecule has 0 N–H and O–H groups in total. The Balaban J connectivity index is 1.77. The highest BCUT2D eigenvalue weighted by molar-refractivity contribution is 5.71. The summed E-state index contributed by atoms with van der Waals surface area (Å²) in [6, 6.07) is 3.63. The Morgan fingerprint density at radius 3 is 3.07 bits per heavy atom. The molecule has 3 heteroatoms. The summed E-state index contributed by atoms with van der Waals surface area (Å²) < 4.78 is 5.40. The first-order chi connectivity index (χ1) is 6.86. The van der Waals surface area contributed by atoms with Crippen LogP contribution in [0.15, 0.2) is 16.5 Å². The van der Waals surface area contributed by atoms with Gasteiger partial charge in [0.1, 0.15) is 0 Å². The van der Waals surface area contributed by atoms with E-state index in [-0.39, 0.29) is 0 Å². The number of piperidine rings is 1. The Morgan fingerprint density at radius 1 is 1.43 bits per heavy atom. The molecular weight excluding hydrogens is 178 g/mol. The van der Waals surface area contributed by atoms with Gasteiger partial charge < -0.3 is 9.32 Å². The van der Waals surface area contributed by atoms with Crippen LogP contribution in [0.1, 0.15) is 23.4 Å². The van der Waals surface area contributed by atoms with Crippen molar-refractivity contribution < 1.29 is 9.21 Å². The van der Waals surface area contributed by atoms with Crippen LogP contribution in [0.2, 0.25) is 0 Å². The maximum atomic E-state index is 10.5. The van der Waals surface area contributed by atoms with Crippen LogP contribution in [0.5, 0.6) is 0 Å². The molecule has 2 aliphatic rings. The first-order valence-corrected chi connectivity index (χ1v) is 5.17. The molecule has 1 saturated carbocycles. The standard InChI is InChI=1S/C11H13NO2/c13-7-10-1-2-11(14-10)12-4-3-8-5-9(8)6-12/h1-2,7-9H,3-6H2. The molecular formula is C11H13NO2. The summed E-state index contributed by atoms with van der Waals surface area (Å²) in [6.45, 7) is 2.18. The molecule has 1 aromatic rings.